The number of nitrogens with two attached hydrogens (primary N) is 1. The first-order chi connectivity index (χ1) is 14.9. The maximum Gasteiger partial charge on any atom is 0.394 e. The van der Waals surface area contributed by atoms with Gasteiger partial charge in [-0.2, -0.15) is 20.2 Å². The van der Waals surface area contributed by atoms with Crippen molar-refractivity contribution in [1.29, 1.82) is 0 Å². The molecule has 17 heteroatoms. The number of nitrogen functional groups attached to an aromatic ring is 1. The van der Waals surface area contributed by atoms with Crippen molar-refractivity contribution in [2.24, 2.45) is 0 Å². The lowest BCUT2D eigenvalue weighted by atomic mass is 10.1. The molecule has 3 rings (SSSR count). The maximum atomic E-state index is 11.3. The van der Waals surface area contributed by atoms with Crippen LogP contribution in [0.15, 0.2) is 12.7 Å². The largest absolute Gasteiger partial charge is 0.480 e. The molecule has 15 nitrogen and oxygen atoms in total. The Hall–Kier alpha value is -2.12. The third-order valence-electron chi connectivity index (χ3n) is 4.47. The summed E-state index contributed by atoms with van der Waals surface area (Å²) in [4.78, 5) is 23.4. The molecule has 0 bridgehead atoms. The summed E-state index contributed by atoms with van der Waals surface area (Å²) in [6.45, 7) is 0.0732. The molecule has 8 N–H and O–H groups in total. The van der Waals surface area contributed by atoms with Crippen LogP contribution in [0.4, 0.5) is 5.82 Å². The highest BCUT2D eigenvalue weighted by Gasteiger charge is 2.44. The smallest absolute Gasteiger partial charge is 0.394 e. The van der Waals surface area contributed by atoms with Crippen LogP contribution in [0, 0.1) is 0 Å². The Labute approximate surface area is 186 Å². The third kappa shape index (κ3) is 6.94. The average molecular weight is 497 g/mol. The minimum atomic E-state index is -4.67. The Morgan fingerprint density at radius 3 is 2.56 bits per heavy atom. The third-order valence-corrected chi connectivity index (χ3v) is 5.12. The molecule has 0 aromatic carbocycles. The normalized spacial score (nSPS) is 24.2. The molecule has 0 unspecified atom stereocenters. The number of aliphatic hydroxyl groups excluding tert-OH is 2. The standard InChI is InChI=1S/C15H22N6O5S.H2O4S/c1-27-3-2-7(15(24)25)17-4-8-10(22)11(23)14(26-8)21-6-20-9-12(16)18-5-19-13(9)21;1-5(2,3)4/h5-8,10-11,14,17,22-23H,2-4H2,1H3,(H,24,25)(H2,16,18,19);(H2,1,2,3,4)/t7-,8+,10+,11+,14+;/m0./s1. The molecule has 0 amide bonds. The van der Waals surface area contributed by atoms with Gasteiger partial charge in [0.25, 0.3) is 0 Å². The van der Waals surface area contributed by atoms with Gasteiger partial charge in [0.2, 0.25) is 0 Å². The van der Waals surface area contributed by atoms with E-state index in [9.17, 15) is 20.1 Å². The number of aliphatic hydroxyl groups is 2. The zero-order valence-electron chi connectivity index (χ0n) is 16.7. The number of nitrogens with one attached hydrogen (secondary N) is 1. The van der Waals surface area contributed by atoms with Crippen molar-refractivity contribution < 1.29 is 42.4 Å². The number of rotatable bonds is 8. The van der Waals surface area contributed by atoms with Crippen LogP contribution in [0.1, 0.15) is 12.6 Å². The number of hydrogen-bond donors (Lipinski definition) is 7. The summed E-state index contributed by atoms with van der Waals surface area (Å²) < 4.78 is 38.8. The molecule has 32 heavy (non-hydrogen) atoms. The van der Waals surface area contributed by atoms with Crippen LogP contribution < -0.4 is 11.1 Å². The molecule has 2 aromatic rings. The van der Waals surface area contributed by atoms with Gasteiger partial charge in [-0.05, 0) is 18.4 Å². The second-order valence-electron chi connectivity index (χ2n) is 6.66. The predicted octanol–water partition coefficient (Wildman–Crippen LogP) is -1.83. The van der Waals surface area contributed by atoms with Crippen LogP contribution in [0.3, 0.4) is 0 Å². The number of carboxylic acid groups (broad SMARTS) is 1. The second kappa shape index (κ2) is 11.1. The van der Waals surface area contributed by atoms with E-state index in [2.05, 4.69) is 20.3 Å². The van der Waals surface area contributed by atoms with Crippen molar-refractivity contribution in [3.8, 4) is 0 Å². The van der Waals surface area contributed by atoms with Gasteiger partial charge in [0.05, 0.1) is 6.33 Å². The topological polar surface area (TPSA) is 243 Å². The molecule has 180 valence electrons. The van der Waals surface area contributed by atoms with Gasteiger partial charge >= 0.3 is 16.4 Å². The first-order valence-corrected chi connectivity index (χ1v) is 11.8. The van der Waals surface area contributed by atoms with Gasteiger partial charge in [-0.25, -0.2) is 15.0 Å². The van der Waals surface area contributed by atoms with E-state index in [1.807, 2.05) is 6.26 Å². The fraction of sp³-hybridized carbons (Fsp3) is 0.600. The Morgan fingerprint density at radius 1 is 1.31 bits per heavy atom. The van der Waals surface area contributed by atoms with E-state index in [1.165, 1.54) is 17.2 Å². The Kier molecular flexibility index (Phi) is 9.10. The number of anilines is 1. The number of ether oxygens (including phenoxy) is 1. The number of carbonyl (C=O) groups is 1. The van der Waals surface area contributed by atoms with Crippen LogP contribution in [-0.2, 0) is 19.9 Å². The van der Waals surface area contributed by atoms with E-state index in [4.69, 9.17) is 28.0 Å². The Balaban J connectivity index is 0.000000654. The molecule has 1 aliphatic rings. The lowest BCUT2D eigenvalue weighted by molar-refractivity contribution is -0.139. The molecule has 3 heterocycles. The molecule has 0 radical (unpaired) electrons. The van der Waals surface area contributed by atoms with Crippen molar-refractivity contribution >= 4 is 45.1 Å². The number of hydrogen-bond acceptors (Lipinski definition) is 12. The zero-order valence-corrected chi connectivity index (χ0v) is 18.3. The summed E-state index contributed by atoms with van der Waals surface area (Å²) in [5, 5.41) is 32.9. The average Bonchev–Trinajstić information content (AvgIpc) is 3.23. The summed E-state index contributed by atoms with van der Waals surface area (Å²) >= 11 is 1.55. The van der Waals surface area contributed by atoms with Crippen molar-refractivity contribution in [1.82, 2.24) is 24.8 Å². The van der Waals surface area contributed by atoms with E-state index in [-0.39, 0.29) is 12.4 Å². The fourth-order valence-electron chi connectivity index (χ4n) is 2.99. The number of thioether (sulfide) groups is 1. The van der Waals surface area contributed by atoms with Gasteiger partial charge in [0.15, 0.2) is 17.7 Å². The minimum Gasteiger partial charge on any atom is -0.480 e. The van der Waals surface area contributed by atoms with Gasteiger partial charge in [-0.15, -0.1) is 0 Å². The highest BCUT2D eigenvalue weighted by atomic mass is 32.3. The van der Waals surface area contributed by atoms with E-state index in [0.717, 1.165) is 0 Å². The van der Waals surface area contributed by atoms with E-state index in [1.54, 1.807) is 11.8 Å². The van der Waals surface area contributed by atoms with Gasteiger partial charge in [-0.1, -0.05) is 0 Å². The number of carboxylic acids is 1. The zero-order chi connectivity index (χ0) is 24.1. The van der Waals surface area contributed by atoms with Gasteiger partial charge in [0, 0.05) is 6.54 Å². The lowest BCUT2D eigenvalue weighted by Crippen LogP contribution is -2.44. The molecular formula is C15H24N6O9S2. The molecule has 1 saturated heterocycles. The lowest BCUT2D eigenvalue weighted by Gasteiger charge is -2.19. The number of aromatic nitrogens is 4. The predicted molar refractivity (Wildman–Crippen MR) is 112 cm³/mol. The Morgan fingerprint density at radius 2 is 1.97 bits per heavy atom. The Bertz CT molecular complexity index is 1010. The van der Waals surface area contributed by atoms with Crippen molar-refractivity contribution in [2.45, 2.75) is 37.0 Å². The highest BCUT2D eigenvalue weighted by molar-refractivity contribution is 7.98. The van der Waals surface area contributed by atoms with Crippen LogP contribution in [-0.4, -0.2) is 101 Å². The summed E-state index contributed by atoms with van der Waals surface area (Å²) in [6, 6.07) is -0.758. The summed E-state index contributed by atoms with van der Waals surface area (Å²) in [7, 11) is -4.67. The number of imidazole rings is 1. The minimum absolute atomic E-state index is 0.0732. The molecule has 0 aliphatic carbocycles. The highest BCUT2D eigenvalue weighted by Crippen LogP contribution is 2.31. The number of nitrogens with zero attached hydrogens (tertiary/aromatic N) is 4. The monoisotopic (exact) mass is 496 g/mol. The van der Waals surface area contributed by atoms with Crippen LogP contribution in [0.25, 0.3) is 11.2 Å². The number of fused-ring (bicyclic) bond motifs is 1. The molecule has 1 aliphatic heterocycles. The second-order valence-corrected chi connectivity index (χ2v) is 8.54. The van der Waals surface area contributed by atoms with Crippen LogP contribution in [0.2, 0.25) is 0 Å². The number of aliphatic carboxylic acids is 1. The van der Waals surface area contributed by atoms with Crippen LogP contribution in [0.5, 0.6) is 0 Å². The van der Waals surface area contributed by atoms with Gasteiger partial charge in [0.1, 0.15) is 36.2 Å². The molecule has 1 fully saturated rings. The molecule has 0 spiro atoms. The molecule has 5 atom stereocenters. The fourth-order valence-corrected chi connectivity index (χ4v) is 3.46. The maximum absolute atomic E-state index is 11.3. The molecule has 0 saturated carbocycles. The summed E-state index contributed by atoms with van der Waals surface area (Å²) in [6.07, 6.45) is 0.858. The van der Waals surface area contributed by atoms with Crippen molar-refractivity contribution in [2.75, 3.05) is 24.3 Å². The van der Waals surface area contributed by atoms with Crippen LogP contribution >= 0.6 is 11.8 Å². The first kappa shape index (κ1) is 26.1. The van der Waals surface area contributed by atoms with Gasteiger partial charge in [-0.3, -0.25) is 18.5 Å². The summed E-state index contributed by atoms with van der Waals surface area (Å²) in [5.41, 5.74) is 6.50. The van der Waals surface area contributed by atoms with E-state index < -0.39 is 46.9 Å². The SMILES string of the molecule is CSCC[C@H](NC[C@H]1O[C@@H](n2cnc3c(N)ncnc32)[C@H](O)[C@@H]1O)C(=O)O.O=S(=O)(O)O. The van der Waals surface area contributed by atoms with Gasteiger partial charge < -0.3 is 31.1 Å². The van der Waals surface area contributed by atoms with Crippen molar-refractivity contribution in [3.63, 3.8) is 0 Å². The first-order valence-electron chi connectivity index (χ1n) is 9.03. The summed E-state index contributed by atoms with van der Waals surface area (Å²) in [5.74, 6) is -0.0876. The van der Waals surface area contributed by atoms with Crippen molar-refractivity contribution in [3.05, 3.63) is 12.7 Å². The molecule has 2 aromatic heterocycles. The van der Waals surface area contributed by atoms with E-state index >= 15 is 0 Å². The molecular weight excluding hydrogens is 472 g/mol. The van der Waals surface area contributed by atoms with E-state index in [0.29, 0.717) is 23.3 Å². The quantitative estimate of drug-likeness (QED) is 0.199.